The van der Waals surface area contributed by atoms with Gasteiger partial charge in [0.2, 0.25) is 0 Å². The lowest BCUT2D eigenvalue weighted by Gasteiger charge is -2.26. The van der Waals surface area contributed by atoms with Crippen molar-refractivity contribution in [2.45, 2.75) is 53.2 Å². The second-order valence-corrected chi connectivity index (χ2v) is 8.22. The number of aromatic nitrogens is 1. The summed E-state index contributed by atoms with van der Waals surface area (Å²) in [6, 6.07) is -0.255. The van der Waals surface area contributed by atoms with Crippen LogP contribution in [0.25, 0.3) is 0 Å². The van der Waals surface area contributed by atoms with Gasteiger partial charge in [0.1, 0.15) is 0 Å². The average molecular weight is 384 g/mol. The molecule has 0 fully saturated rings. The van der Waals surface area contributed by atoms with Crippen molar-refractivity contribution in [2.75, 3.05) is 32.1 Å². The molecule has 0 saturated carbocycles. The number of nitrogens with one attached hydrogen (secondary N) is 1. The largest absolute Gasteiger partial charge is 0.353 e. The highest BCUT2D eigenvalue weighted by Crippen LogP contribution is 2.38. The van der Waals surface area contributed by atoms with Crippen LogP contribution in [0.15, 0.2) is 0 Å². The minimum atomic E-state index is -0.313. The minimum absolute atomic E-state index is 0.0796. The fourth-order valence-corrected chi connectivity index (χ4v) is 3.86. The Balaban J connectivity index is 1.92. The molecule has 1 aliphatic carbocycles. The smallest absolute Gasteiger partial charge is 0.323 e. The zero-order valence-electron chi connectivity index (χ0n) is 16.3. The summed E-state index contributed by atoms with van der Waals surface area (Å²) in [5.74, 6) is 0.110. The number of anilines is 1. The molecular weight excluding hydrogens is 354 g/mol. The zero-order chi connectivity index (χ0) is 19.3. The van der Waals surface area contributed by atoms with Crippen molar-refractivity contribution in [3.63, 3.8) is 0 Å². The standard InChI is InChI=1S/C18H29N3O4S/c1-6-24-14(25-7-2)8-9-21(5)17(23)20-16-19-12-10-18(3,4)11-13(22)15(12)26-16/h14H,6-11H2,1-5H3,(H,19,20,23). The van der Waals surface area contributed by atoms with E-state index in [1.165, 1.54) is 11.3 Å². The molecular formula is C18H29N3O4S. The van der Waals surface area contributed by atoms with Gasteiger partial charge in [-0.3, -0.25) is 10.1 Å². The van der Waals surface area contributed by atoms with Crippen LogP contribution in [-0.2, 0) is 15.9 Å². The van der Waals surface area contributed by atoms with Crippen molar-refractivity contribution in [1.29, 1.82) is 0 Å². The number of ketones is 1. The van der Waals surface area contributed by atoms with Gasteiger partial charge in [0, 0.05) is 39.6 Å². The van der Waals surface area contributed by atoms with Crippen LogP contribution in [0.1, 0.15) is 55.9 Å². The summed E-state index contributed by atoms with van der Waals surface area (Å²) in [5, 5.41) is 3.27. The average Bonchev–Trinajstić information content (AvgIpc) is 2.93. The van der Waals surface area contributed by atoms with Crippen molar-refractivity contribution in [3.8, 4) is 0 Å². The van der Waals surface area contributed by atoms with E-state index < -0.39 is 0 Å². The van der Waals surface area contributed by atoms with Gasteiger partial charge in [-0.1, -0.05) is 25.2 Å². The molecule has 26 heavy (non-hydrogen) atoms. The lowest BCUT2D eigenvalue weighted by molar-refractivity contribution is -0.140. The molecule has 8 heteroatoms. The Hall–Kier alpha value is -1.51. The molecule has 7 nitrogen and oxygen atoms in total. The second kappa shape index (κ2) is 8.92. The normalized spacial score (nSPS) is 15.8. The van der Waals surface area contributed by atoms with E-state index in [0.717, 1.165) is 12.1 Å². The van der Waals surface area contributed by atoms with Crippen molar-refractivity contribution in [1.82, 2.24) is 9.88 Å². The number of hydrogen-bond donors (Lipinski definition) is 1. The third-order valence-electron chi connectivity index (χ3n) is 4.20. The molecule has 1 heterocycles. The van der Waals surface area contributed by atoms with Crippen molar-refractivity contribution in [3.05, 3.63) is 10.6 Å². The lowest BCUT2D eigenvalue weighted by Crippen LogP contribution is -2.34. The number of hydrogen-bond acceptors (Lipinski definition) is 6. The number of Topliss-reactive ketones (excluding diaryl/α,β-unsaturated/α-hetero) is 1. The Bertz CT molecular complexity index is 638. The summed E-state index contributed by atoms with van der Waals surface area (Å²) in [5.41, 5.74) is 0.714. The number of ether oxygens (including phenoxy) is 2. The van der Waals surface area contributed by atoms with Gasteiger partial charge < -0.3 is 14.4 Å². The second-order valence-electron chi connectivity index (χ2n) is 7.22. The Labute approximate surface area is 159 Å². The zero-order valence-corrected chi connectivity index (χ0v) is 17.1. The number of thiazole rings is 1. The van der Waals surface area contributed by atoms with E-state index in [1.807, 2.05) is 13.8 Å². The number of amides is 2. The number of urea groups is 1. The van der Waals surface area contributed by atoms with E-state index >= 15 is 0 Å². The van der Waals surface area contributed by atoms with Gasteiger partial charge in [-0.05, 0) is 25.7 Å². The third-order valence-corrected chi connectivity index (χ3v) is 5.26. The van der Waals surface area contributed by atoms with Crippen LogP contribution in [0.4, 0.5) is 9.93 Å². The summed E-state index contributed by atoms with van der Waals surface area (Å²) in [6.45, 7) is 9.57. The van der Waals surface area contributed by atoms with E-state index in [4.69, 9.17) is 9.47 Å². The van der Waals surface area contributed by atoms with Gasteiger partial charge in [0.05, 0.1) is 10.6 Å². The lowest BCUT2D eigenvalue weighted by atomic mass is 9.78. The Morgan fingerprint density at radius 2 is 1.96 bits per heavy atom. The molecule has 1 aliphatic rings. The summed E-state index contributed by atoms with van der Waals surface area (Å²) < 4.78 is 11.0. The van der Waals surface area contributed by atoms with Crippen LogP contribution in [0.2, 0.25) is 0 Å². The van der Waals surface area contributed by atoms with Gasteiger partial charge in [-0.2, -0.15) is 0 Å². The summed E-state index contributed by atoms with van der Waals surface area (Å²) in [6.07, 6.45) is 1.55. The molecule has 0 atom stereocenters. The highest BCUT2D eigenvalue weighted by Gasteiger charge is 2.34. The topological polar surface area (TPSA) is 80.8 Å². The first-order chi connectivity index (χ1) is 12.3. The van der Waals surface area contributed by atoms with Gasteiger partial charge >= 0.3 is 6.03 Å². The predicted molar refractivity (Wildman–Crippen MR) is 102 cm³/mol. The molecule has 0 unspecified atom stereocenters. The van der Waals surface area contributed by atoms with E-state index in [9.17, 15) is 9.59 Å². The third kappa shape index (κ3) is 5.49. The molecule has 0 saturated heterocycles. The summed E-state index contributed by atoms with van der Waals surface area (Å²) in [4.78, 5) is 31.3. The number of rotatable bonds is 8. The van der Waals surface area contributed by atoms with Gasteiger partial charge in [-0.15, -0.1) is 0 Å². The van der Waals surface area contributed by atoms with Crippen LogP contribution in [-0.4, -0.2) is 54.8 Å². The van der Waals surface area contributed by atoms with Crippen molar-refractivity contribution >= 4 is 28.3 Å². The first kappa shape index (κ1) is 20.8. The van der Waals surface area contributed by atoms with Crippen molar-refractivity contribution in [2.24, 2.45) is 5.41 Å². The molecule has 0 aliphatic heterocycles. The Morgan fingerprint density at radius 3 is 2.58 bits per heavy atom. The molecule has 0 radical (unpaired) electrons. The molecule has 0 bridgehead atoms. The number of carbonyl (C=O) groups is 2. The number of fused-ring (bicyclic) bond motifs is 1. The highest BCUT2D eigenvalue weighted by atomic mass is 32.1. The quantitative estimate of drug-likeness (QED) is 0.694. The van der Waals surface area contributed by atoms with E-state index in [0.29, 0.717) is 42.6 Å². The Morgan fingerprint density at radius 1 is 1.31 bits per heavy atom. The van der Waals surface area contributed by atoms with E-state index in [1.54, 1.807) is 11.9 Å². The van der Waals surface area contributed by atoms with Gasteiger partial charge in [0.25, 0.3) is 0 Å². The van der Waals surface area contributed by atoms with Crippen LogP contribution >= 0.6 is 11.3 Å². The van der Waals surface area contributed by atoms with Gasteiger partial charge in [-0.25, -0.2) is 9.78 Å². The fraction of sp³-hybridized carbons (Fsp3) is 0.722. The van der Waals surface area contributed by atoms with Gasteiger partial charge in [0.15, 0.2) is 17.2 Å². The number of carbonyl (C=O) groups excluding carboxylic acids is 2. The molecule has 2 rings (SSSR count). The maximum absolute atomic E-state index is 12.4. The highest BCUT2D eigenvalue weighted by molar-refractivity contribution is 7.17. The summed E-state index contributed by atoms with van der Waals surface area (Å²) in [7, 11) is 1.71. The van der Waals surface area contributed by atoms with Crippen LogP contribution in [0.5, 0.6) is 0 Å². The molecule has 0 spiro atoms. The minimum Gasteiger partial charge on any atom is -0.353 e. The molecule has 146 valence electrons. The first-order valence-corrected chi connectivity index (χ1v) is 9.85. The maximum Gasteiger partial charge on any atom is 0.323 e. The van der Waals surface area contributed by atoms with Crippen molar-refractivity contribution < 1.29 is 19.1 Å². The molecule has 0 aromatic carbocycles. The van der Waals surface area contributed by atoms with Crippen LogP contribution in [0, 0.1) is 5.41 Å². The Kier molecular flexibility index (Phi) is 7.14. The maximum atomic E-state index is 12.4. The van der Waals surface area contributed by atoms with Crippen LogP contribution < -0.4 is 5.32 Å². The summed E-state index contributed by atoms with van der Waals surface area (Å²) >= 11 is 1.26. The SMILES string of the molecule is CCOC(CCN(C)C(=O)Nc1nc2c(s1)C(=O)CC(C)(C)C2)OCC. The van der Waals surface area contributed by atoms with Crippen LogP contribution in [0.3, 0.4) is 0 Å². The van der Waals surface area contributed by atoms with E-state index in [-0.39, 0.29) is 23.5 Å². The molecule has 1 N–H and O–H groups in total. The fourth-order valence-electron chi connectivity index (χ4n) is 2.95. The molecule has 2 amide bonds. The monoisotopic (exact) mass is 383 g/mol. The number of nitrogens with zero attached hydrogens (tertiary/aromatic N) is 2. The van der Waals surface area contributed by atoms with E-state index in [2.05, 4.69) is 24.1 Å². The first-order valence-electron chi connectivity index (χ1n) is 9.04. The molecule has 1 aromatic rings. The molecule has 1 aromatic heterocycles. The predicted octanol–water partition coefficient (Wildman–Crippen LogP) is 3.55.